The number of benzene rings is 2. The maximum atomic E-state index is 10.0. The number of rotatable bonds is 4. The molecule has 0 radical (unpaired) electrons. The van der Waals surface area contributed by atoms with Crippen molar-refractivity contribution >= 4 is 16.7 Å². The molecular formula is C19H25NO6. The molecule has 0 bridgehead atoms. The predicted octanol–water partition coefficient (Wildman–Crippen LogP) is 4.25. The Bertz CT molecular complexity index is 706. The molecule has 0 aliphatic rings. The molecule has 7 nitrogen and oxygen atoms in total. The fraction of sp³-hybridized carbons (Fsp3) is 0.263. The second-order valence-corrected chi connectivity index (χ2v) is 4.94. The Balaban J connectivity index is 0.000000408. The van der Waals surface area contributed by atoms with Crippen molar-refractivity contribution in [3.8, 4) is 5.75 Å². The third kappa shape index (κ3) is 8.39. The Morgan fingerprint density at radius 3 is 2.15 bits per heavy atom. The summed E-state index contributed by atoms with van der Waals surface area (Å²) in [6, 6.07) is 16.5. The lowest BCUT2D eigenvalue weighted by atomic mass is 10.2. The molecule has 0 saturated heterocycles. The van der Waals surface area contributed by atoms with Crippen molar-refractivity contribution in [3.05, 3.63) is 65.3 Å². The van der Waals surface area contributed by atoms with Gasteiger partial charge in [-0.25, -0.2) is 0 Å². The van der Waals surface area contributed by atoms with Crippen LogP contribution >= 0.6 is 0 Å². The van der Waals surface area contributed by atoms with Crippen molar-refractivity contribution in [3.63, 3.8) is 0 Å². The monoisotopic (exact) mass is 363 g/mol. The Hall–Kier alpha value is -2.74. The number of furan rings is 1. The van der Waals surface area contributed by atoms with Crippen LogP contribution in [0.4, 0.5) is 5.69 Å². The Morgan fingerprint density at radius 1 is 1.00 bits per heavy atom. The minimum Gasteiger partial charge on any atom is -0.468 e. The van der Waals surface area contributed by atoms with E-state index in [2.05, 4.69) is 9.91 Å². The first-order valence-corrected chi connectivity index (χ1v) is 7.55. The summed E-state index contributed by atoms with van der Waals surface area (Å²) in [6.07, 6.45) is 0. The minimum absolute atomic E-state index is 0. The van der Waals surface area contributed by atoms with Crippen LogP contribution in [-0.4, -0.2) is 33.6 Å². The molecule has 1 aromatic heterocycles. The maximum absolute atomic E-state index is 10.0. The highest BCUT2D eigenvalue weighted by Gasteiger charge is 1.95. The molecule has 0 atom stereocenters. The Morgan fingerprint density at radius 2 is 1.62 bits per heavy atom. The number of ether oxygens (including phenoxy) is 3. The van der Waals surface area contributed by atoms with Crippen molar-refractivity contribution in [1.29, 1.82) is 0 Å². The molecule has 2 aromatic carbocycles. The van der Waals surface area contributed by atoms with Crippen LogP contribution in [0.2, 0.25) is 0 Å². The van der Waals surface area contributed by atoms with Crippen molar-refractivity contribution in [1.82, 2.24) is 0 Å². The number of para-hydroxylation sites is 1. The van der Waals surface area contributed by atoms with E-state index in [0.717, 1.165) is 11.3 Å². The number of hydrogen-bond acceptors (Lipinski definition) is 6. The van der Waals surface area contributed by atoms with Gasteiger partial charge >= 0.3 is 0 Å². The molecular weight excluding hydrogens is 338 g/mol. The van der Waals surface area contributed by atoms with Crippen molar-refractivity contribution < 1.29 is 24.1 Å². The van der Waals surface area contributed by atoms with Crippen molar-refractivity contribution in [2.45, 2.75) is 6.92 Å². The number of fused-ring (bicyclic) bond motifs is 1. The standard InChI is InChI=1S/C9H8O.C8H9NO3.C2H6O.H2O/c1-7-6-8-4-2-3-5-9(8)10-7;1-11-6-12-8-4-2-7(9-10)3-5-8;1-3-2;/h2-6H,1H3;2-5H,6H2,1H3;1-2H3;1H2. The maximum Gasteiger partial charge on any atom is 0.188 e. The zero-order chi connectivity index (χ0) is 18.5. The number of hydrogen-bond donors (Lipinski definition) is 0. The number of nitroso groups, excluding NO2 is 1. The van der Waals surface area contributed by atoms with Crippen LogP contribution in [0.15, 0.2) is 64.2 Å². The van der Waals surface area contributed by atoms with Gasteiger partial charge in [-0.2, -0.15) is 0 Å². The molecule has 3 rings (SSSR count). The van der Waals surface area contributed by atoms with Gasteiger partial charge in [0.1, 0.15) is 22.8 Å². The van der Waals surface area contributed by atoms with Crippen LogP contribution < -0.4 is 4.74 Å². The molecule has 26 heavy (non-hydrogen) atoms. The SMILES string of the molecule is COC.COCOc1ccc(N=O)cc1.Cc1cc2ccccc2o1.O. The summed E-state index contributed by atoms with van der Waals surface area (Å²) in [7, 11) is 4.79. The molecule has 0 unspecified atom stereocenters. The summed E-state index contributed by atoms with van der Waals surface area (Å²) in [5, 5.41) is 3.94. The highest BCUT2D eigenvalue weighted by molar-refractivity contribution is 5.77. The zero-order valence-corrected chi connectivity index (χ0v) is 15.4. The Kier molecular flexibility index (Phi) is 12.1. The molecule has 0 amide bonds. The Labute approximate surface area is 152 Å². The van der Waals surface area contributed by atoms with E-state index < -0.39 is 0 Å². The van der Waals surface area contributed by atoms with Gasteiger partial charge in [0.2, 0.25) is 0 Å². The van der Waals surface area contributed by atoms with Crippen LogP contribution in [0, 0.1) is 11.8 Å². The van der Waals surface area contributed by atoms with Gasteiger partial charge in [0, 0.05) is 26.7 Å². The molecule has 142 valence electrons. The fourth-order valence-corrected chi connectivity index (χ4v) is 1.84. The van der Waals surface area contributed by atoms with E-state index >= 15 is 0 Å². The van der Waals surface area contributed by atoms with Crippen LogP contribution in [0.25, 0.3) is 11.0 Å². The van der Waals surface area contributed by atoms with E-state index in [1.807, 2.05) is 37.3 Å². The third-order valence-electron chi connectivity index (χ3n) is 2.83. The van der Waals surface area contributed by atoms with E-state index in [1.165, 1.54) is 5.39 Å². The minimum atomic E-state index is 0. The van der Waals surface area contributed by atoms with Crippen LogP contribution in [0.5, 0.6) is 5.75 Å². The lowest BCUT2D eigenvalue weighted by molar-refractivity contribution is 0.0511. The molecule has 3 aromatic rings. The van der Waals surface area contributed by atoms with E-state index in [0.29, 0.717) is 11.4 Å². The highest BCUT2D eigenvalue weighted by atomic mass is 16.7. The van der Waals surface area contributed by atoms with Crippen molar-refractivity contribution in [2.75, 3.05) is 28.1 Å². The van der Waals surface area contributed by atoms with Gasteiger partial charge in [-0.1, -0.05) is 18.2 Å². The average Bonchev–Trinajstić information content (AvgIpc) is 3.01. The fourth-order valence-electron chi connectivity index (χ4n) is 1.84. The first kappa shape index (κ1) is 23.3. The van der Waals surface area contributed by atoms with Gasteiger partial charge in [-0.15, -0.1) is 4.91 Å². The lowest BCUT2D eigenvalue weighted by Gasteiger charge is -2.02. The van der Waals surface area contributed by atoms with E-state index in [-0.39, 0.29) is 12.3 Å². The summed E-state index contributed by atoms with van der Waals surface area (Å²) in [6.45, 7) is 2.16. The number of methoxy groups -OCH3 is 2. The summed E-state index contributed by atoms with van der Waals surface area (Å²) in [5.74, 6) is 1.63. The summed E-state index contributed by atoms with van der Waals surface area (Å²) in [4.78, 5) is 10.0. The molecule has 0 aliphatic heterocycles. The predicted molar refractivity (Wildman–Crippen MR) is 102 cm³/mol. The number of aryl methyl sites for hydroxylation is 1. The smallest absolute Gasteiger partial charge is 0.188 e. The third-order valence-corrected chi connectivity index (χ3v) is 2.83. The van der Waals surface area contributed by atoms with Gasteiger partial charge in [-0.05, 0) is 48.5 Å². The van der Waals surface area contributed by atoms with Crippen LogP contribution in [-0.2, 0) is 9.47 Å². The second-order valence-electron chi connectivity index (χ2n) is 4.94. The van der Waals surface area contributed by atoms with Crippen LogP contribution in [0.1, 0.15) is 5.76 Å². The second kappa shape index (κ2) is 13.5. The first-order valence-electron chi connectivity index (χ1n) is 7.55. The van der Waals surface area contributed by atoms with E-state index in [1.54, 1.807) is 45.6 Å². The molecule has 0 fully saturated rings. The van der Waals surface area contributed by atoms with Crippen LogP contribution in [0.3, 0.4) is 0 Å². The van der Waals surface area contributed by atoms with Gasteiger partial charge in [-0.3, -0.25) is 0 Å². The normalized spacial score (nSPS) is 9.08. The van der Waals surface area contributed by atoms with E-state index in [9.17, 15) is 4.91 Å². The van der Waals surface area contributed by atoms with Gasteiger partial charge < -0.3 is 24.1 Å². The summed E-state index contributed by atoms with van der Waals surface area (Å²) < 4.78 is 19.4. The molecule has 7 heteroatoms. The molecule has 2 N–H and O–H groups in total. The summed E-state index contributed by atoms with van der Waals surface area (Å²) in [5.41, 5.74) is 1.36. The first-order chi connectivity index (χ1) is 12.1. The van der Waals surface area contributed by atoms with Gasteiger partial charge in [0.15, 0.2) is 6.79 Å². The molecule has 1 heterocycles. The highest BCUT2D eigenvalue weighted by Crippen LogP contribution is 2.18. The van der Waals surface area contributed by atoms with Crippen molar-refractivity contribution in [2.24, 2.45) is 5.18 Å². The molecule has 0 spiro atoms. The number of nitrogens with zero attached hydrogens (tertiary/aromatic N) is 1. The van der Waals surface area contributed by atoms with Gasteiger partial charge in [0.25, 0.3) is 0 Å². The lowest BCUT2D eigenvalue weighted by Crippen LogP contribution is -1.97. The average molecular weight is 363 g/mol. The summed E-state index contributed by atoms with van der Waals surface area (Å²) >= 11 is 0. The van der Waals surface area contributed by atoms with Gasteiger partial charge in [0.05, 0.1) is 0 Å². The molecule has 0 saturated carbocycles. The topological polar surface area (TPSA) is 102 Å². The zero-order valence-electron chi connectivity index (χ0n) is 15.4. The quantitative estimate of drug-likeness (QED) is 0.509. The molecule has 0 aliphatic carbocycles. The van der Waals surface area contributed by atoms with E-state index in [4.69, 9.17) is 13.9 Å². The largest absolute Gasteiger partial charge is 0.468 e.